The Kier molecular flexibility index (Phi) is 8.17. The summed E-state index contributed by atoms with van der Waals surface area (Å²) >= 11 is 5.98. The topological polar surface area (TPSA) is 117 Å². The zero-order valence-corrected chi connectivity index (χ0v) is 21.4. The van der Waals surface area contributed by atoms with E-state index in [2.05, 4.69) is 4.72 Å². The lowest BCUT2D eigenvalue weighted by Crippen LogP contribution is -2.42. The maximum Gasteiger partial charge on any atom is 0.338 e. The number of halogens is 2. The molecule has 1 fully saturated rings. The number of benzene rings is 2. The zero-order valence-electron chi connectivity index (χ0n) is 19.8. The first-order valence-corrected chi connectivity index (χ1v) is 13.5. The molecule has 2 aliphatic rings. The van der Waals surface area contributed by atoms with E-state index in [1.165, 1.54) is 12.1 Å². The summed E-state index contributed by atoms with van der Waals surface area (Å²) in [6, 6.07) is 11.7. The molecule has 4 rings (SSSR count). The number of carbonyl (C=O) groups excluding carboxylic acids is 2. The Balaban J connectivity index is 1.51. The lowest BCUT2D eigenvalue weighted by molar-refractivity contribution is -0.148. The normalized spacial score (nSPS) is 23.4. The fraction of sp³-hybridized carbons (Fsp3) is 0.360. The van der Waals surface area contributed by atoms with Crippen molar-refractivity contribution in [2.45, 2.75) is 36.9 Å². The molecule has 198 valence electrons. The van der Waals surface area contributed by atoms with Gasteiger partial charge in [-0.15, -0.1) is 0 Å². The Morgan fingerprint density at radius 3 is 2.62 bits per heavy atom. The van der Waals surface area contributed by atoms with E-state index in [0.29, 0.717) is 5.56 Å². The smallest absolute Gasteiger partial charge is 0.338 e. The highest BCUT2D eigenvalue weighted by Gasteiger charge is 2.48. The SMILES string of the molecule is CCOC(=O)C1=CC2(CCC1S(=O)(=O)Nc1ccc(F)cc1Cl)OC[C@H](COC(=O)c1ccccc1)O2. The summed E-state index contributed by atoms with van der Waals surface area (Å²) in [4.78, 5) is 25.0. The fourth-order valence-corrected chi connectivity index (χ4v) is 5.94. The van der Waals surface area contributed by atoms with E-state index >= 15 is 0 Å². The van der Waals surface area contributed by atoms with Gasteiger partial charge in [0.1, 0.15) is 23.8 Å². The number of nitrogens with one attached hydrogen (secondary N) is 1. The predicted molar refractivity (Wildman–Crippen MR) is 132 cm³/mol. The summed E-state index contributed by atoms with van der Waals surface area (Å²) in [7, 11) is -4.20. The van der Waals surface area contributed by atoms with Gasteiger partial charge in [-0.1, -0.05) is 29.8 Å². The van der Waals surface area contributed by atoms with Crippen molar-refractivity contribution in [1.29, 1.82) is 0 Å². The second-order valence-corrected chi connectivity index (χ2v) is 10.7. The molecule has 1 aliphatic heterocycles. The van der Waals surface area contributed by atoms with Gasteiger partial charge in [0.15, 0.2) is 5.79 Å². The molecule has 1 saturated heterocycles. The number of ether oxygens (including phenoxy) is 4. The second kappa shape index (κ2) is 11.2. The average Bonchev–Trinajstić information content (AvgIpc) is 3.26. The minimum absolute atomic E-state index is 0.0208. The second-order valence-electron chi connectivity index (χ2n) is 8.45. The van der Waals surface area contributed by atoms with Crippen LogP contribution in [-0.4, -0.2) is 57.3 Å². The molecule has 0 radical (unpaired) electrons. The van der Waals surface area contributed by atoms with Crippen molar-refractivity contribution < 1.29 is 41.3 Å². The summed E-state index contributed by atoms with van der Waals surface area (Å²) in [6.07, 6.45) is 0.734. The van der Waals surface area contributed by atoms with E-state index in [1.54, 1.807) is 37.3 Å². The largest absolute Gasteiger partial charge is 0.463 e. The van der Waals surface area contributed by atoms with Crippen molar-refractivity contribution >= 4 is 39.3 Å². The van der Waals surface area contributed by atoms with Gasteiger partial charge in [0.25, 0.3) is 0 Å². The molecule has 1 heterocycles. The van der Waals surface area contributed by atoms with Gasteiger partial charge >= 0.3 is 11.9 Å². The number of sulfonamides is 1. The van der Waals surface area contributed by atoms with Gasteiger partial charge < -0.3 is 18.9 Å². The Morgan fingerprint density at radius 1 is 1.16 bits per heavy atom. The maximum absolute atomic E-state index is 13.4. The predicted octanol–water partition coefficient (Wildman–Crippen LogP) is 3.84. The van der Waals surface area contributed by atoms with Gasteiger partial charge in [-0.2, -0.15) is 0 Å². The van der Waals surface area contributed by atoms with Gasteiger partial charge in [-0.25, -0.2) is 22.4 Å². The molecular weight excluding hydrogens is 529 g/mol. The molecule has 0 aromatic heterocycles. The van der Waals surface area contributed by atoms with Crippen molar-refractivity contribution in [2.24, 2.45) is 0 Å². The van der Waals surface area contributed by atoms with Crippen molar-refractivity contribution in [3.05, 3.63) is 76.6 Å². The number of hydrogen-bond acceptors (Lipinski definition) is 8. The molecule has 1 N–H and O–H groups in total. The first-order chi connectivity index (χ1) is 17.6. The van der Waals surface area contributed by atoms with Crippen LogP contribution in [0.5, 0.6) is 0 Å². The molecule has 1 spiro atoms. The van der Waals surface area contributed by atoms with Gasteiger partial charge in [-0.3, -0.25) is 4.72 Å². The summed E-state index contributed by atoms with van der Waals surface area (Å²) in [6.45, 7) is 1.59. The van der Waals surface area contributed by atoms with Crippen LogP contribution < -0.4 is 4.72 Å². The number of carbonyl (C=O) groups is 2. The first kappa shape index (κ1) is 27.1. The van der Waals surface area contributed by atoms with Crippen molar-refractivity contribution in [3.63, 3.8) is 0 Å². The van der Waals surface area contributed by atoms with Crippen LogP contribution in [0.4, 0.5) is 10.1 Å². The van der Waals surface area contributed by atoms with Gasteiger partial charge in [-0.05, 0) is 49.8 Å². The minimum atomic E-state index is -4.20. The molecule has 0 amide bonds. The van der Waals surface area contributed by atoms with Crippen LogP contribution in [0, 0.1) is 5.82 Å². The molecule has 37 heavy (non-hydrogen) atoms. The summed E-state index contributed by atoms with van der Waals surface area (Å²) in [5.74, 6) is -3.37. The van der Waals surface area contributed by atoms with Crippen LogP contribution in [0.3, 0.4) is 0 Å². The molecule has 12 heteroatoms. The third kappa shape index (κ3) is 6.30. The van der Waals surface area contributed by atoms with E-state index in [4.69, 9.17) is 30.5 Å². The standard InChI is InChI=1S/C25H25ClFNO8S/c1-2-33-24(30)19-13-25(35-15-18(36-25)14-34-23(29)16-6-4-3-5-7-16)11-10-22(19)37(31,32)28-21-9-8-17(27)12-20(21)26/h3-9,12-13,18,22,28H,2,10-11,14-15H2,1H3/t18-,22?,25?/m0/s1. The highest BCUT2D eigenvalue weighted by Crippen LogP contribution is 2.39. The molecule has 0 saturated carbocycles. The van der Waals surface area contributed by atoms with E-state index in [9.17, 15) is 22.4 Å². The van der Waals surface area contributed by atoms with Crippen molar-refractivity contribution in [1.82, 2.24) is 0 Å². The van der Waals surface area contributed by atoms with Gasteiger partial charge in [0.2, 0.25) is 10.0 Å². The van der Waals surface area contributed by atoms with E-state index < -0.39 is 44.9 Å². The van der Waals surface area contributed by atoms with Crippen molar-refractivity contribution in [3.8, 4) is 0 Å². The number of hydrogen-bond donors (Lipinski definition) is 1. The number of rotatable bonds is 8. The zero-order chi connectivity index (χ0) is 26.6. The monoisotopic (exact) mass is 553 g/mol. The van der Waals surface area contributed by atoms with Crippen LogP contribution in [0.2, 0.25) is 5.02 Å². The van der Waals surface area contributed by atoms with Gasteiger partial charge in [0, 0.05) is 6.42 Å². The molecule has 3 atom stereocenters. The molecule has 2 aromatic rings. The summed E-state index contributed by atoms with van der Waals surface area (Å²) < 4.78 is 64.4. The highest BCUT2D eigenvalue weighted by molar-refractivity contribution is 7.93. The van der Waals surface area contributed by atoms with Gasteiger partial charge in [0.05, 0.1) is 35.1 Å². The minimum Gasteiger partial charge on any atom is -0.463 e. The molecule has 0 bridgehead atoms. The Labute approximate surface area is 218 Å². The van der Waals surface area contributed by atoms with E-state index in [0.717, 1.165) is 12.1 Å². The van der Waals surface area contributed by atoms with Crippen LogP contribution in [0.25, 0.3) is 0 Å². The van der Waals surface area contributed by atoms with Crippen LogP contribution >= 0.6 is 11.6 Å². The molecular formula is C25H25ClFNO8S. The summed E-state index contributed by atoms with van der Waals surface area (Å²) in [5, 5.41) is -1.44. The summed E-state index contributed by atoms with van der Waals surface area (Å²) in [5.41, 5.74) is 0.195. The molecule has 1 aliphatic carbocycles. The quantitative estimate of drug-likeness (QED) is 0.490. The third-order valence-corrected chi connectivity index (χ3v) is 7.89. The van der Waals surface area contributed by atoms with Crippen LogP contribution in [-0.2, 0) is 33.8 Å². The van der Waals surface area contributed by atoms with Crippen molar-refractivity contribution in [2.75, 3.05) is 24.5 Å². The van der Waals surface area contributed by atoms with E-state index in [1.807, 2.05) is 0 Å². The molecule has 2 aromatic carbocycles. The Hall–Kier alpha value is -2.99. The van der Waals surface area contributed by atoms with E-state index in [-0.39, 0.29) is 48.9 Å². The average molecular weight is 554 g/mol. The lowest BCUT2D eigenvalue weighted by atomic mass is 9.94. The fourth-order valence-electron chi connectivity index (χ4n) is 4.11. The lowest BCUT2D eigenvalue weighted by Gasteiger charge is -2.33. The third-order valence-electron chi connectivity index (χ3n) is 5.84. The molecule has 9 nitrogen and oxygen atoms in total. The highest BCUT2D eigenvalue weighted by atomic mass is 35.5. The number of esters is 2. The Bertz CT molecular complexity index is 1300. The first-order valence-electron chi connectivity index (χ1n) is 11.5. The van der Waals surface area contributed by atoms with Crippen LogP contribution in [0.1, 0.15) is 30.1 Å². The molecule has 2 unspecified atom stereocenters. The Morgan fingerprint density at radius 2 is 1.92 bits per heavy atom. The van der Waals surface area contributed by atoms with Crippen LogP contribution in [0.15, 0.2) is 60.2 Å². The maximum atomic E-state index is 13.4. The number of anilines is 1.